The molecule has 0 amide bonds. The first-order chi connectivity index (χ1) is 10.6. The monoisotopic (exact) mass is 312 g/mol. The molecule has 4 heteroatoms. The molecule has 0 radical (unpaired) electrons. The van der Waals surface area contributed by atoms with Crippen molar-refractivity contribution in [1.29, 1.82) is 0 Å². The Morgan fingerprint density at radius 3 is 2.55 bits per heavy atom. The fourth-order valence-corrected chi connectivity index (χ4v) is 2.76. The van der Waals surface area contributed by atoms with E-state index in [1.54, 1.807) is 24.3 Å². The van der Waals surface area contributed by atoms with Crippen LogP contribution in [0.5, 0.6) is 0 Å². The van der Waals surface area contributed by atoms with E-state index >= 15 is 0 Å². The lowest BCUT2D eigenvalue weighted by atomic mass is 10.0. The van der Waals surface area contributed by atoms with Crippen LogP contribution < -0.4 is 0 Å². The number of benzene rings is 2. The van der Waals surface area contributed by atoms with Crippen molar-refractivity contribution >= 4 is 28.3 Å². The van der Waals surface area contributed by atoms with E-state index < -0.39 is 0 Å². The molecule has 3 aromatic rings. The zero-order chi connectivity index (χ0) is 15.7. The van der Waals surface area contributed by atoms with Crippen LogP contribution in [-0.4, -0.2) is 29.8 Å². The Kier molecular flexibility index (Phi) is 4.01. The third kappa shape index (κ3) is 2.78. The number of aromatic nitrogens is 1. The summed E-state index contributed by atoms with van der Waals surface area (Å²) in [7, 11) is 4.06. The van der Waals surface area contributed by atoms with Gasteiger partial charge in [0.1, 0.15) is 0 Å². The maximum absolute atomic E-state index is 12.7. The van der Waals surface area contributed by atoms with E-state index in [9.17, 15) is 4.79 Å². The number of fused-ring (bicyclic) bond motifs is 1. The fourth-order valence-electron chi connectivity index (χ4n) is 2.63. The van der Waals surface area contributed by atoms with Crippen LogP contribution in [0.4, 0.5) is 0 Å². The minimum absolute atomic E-state index is 0.000481. The van der Waals surface area contributed by atoms with Crippen molar-refractivity contribution in [2.45, 2.75) is 6.54 Å². The fraction of sp³-hybridized carbons (Fsp3) is 0.167. The molecule has 1 aromatic heterocycles. The number of carbonyl (C=O) groups excluding carboxylic acids is 1. The molecular formula is C18H17ClN2O. The van der Waals surface area contributed by atoms with Crippen molar-refractivity contribution in [3.8, 4) is 0 Å². The molecule has 0 unspecified atom stereocenters. The minimum Gasteiger partial charge on any atom is -0.360 e. The van der Waals surface area contributed by atoms with Gasteiger partial charge in [0.15, 0.2) is 5.78 Å². The number of ketones is 1. The van der Waals surface area contributed by atoms with Gasteiger partial charge in [-0.15, -0.1) is 0 Å². The molecule has 3 nitrogen and oxygen atoms in total. The summed E-state index contributed by atoms with van der Waals surface area (Å²) in [6, 6.07) is 12.8. The summed E-state index contributed by atoms with van der Waals surface area (Å²) in [5.41, 5.74) is 3.40. The van der Waals surface area contributed by atoms with Gasteiger partial charge >= 0.3 is 0 Å². The summed E-state index contributed by atoms with van der Waals surface area (Å²) in [6.07, 6.45) is 1.98. The number of rotatable bonds is 4. The summed E-state index contributed by atoms with van der Waals surface area (Å²) in [5.74, 6) is 0.000481. The predicted molar refractivity (Wildman–Crippen MR) is 90.6 cm³/mol. The molecule has 1 heterocycles. The molecule has 112 valence electrons. The number of hydrogen-bond acceptors (Lipinski definition) is 2. The molecule has 0 aliphatic heterocycles. The Hall–Kier alpha value is -2.10. The molecule has 0 spiro atoms. The highest BCUT2D eigenvalue weighted by Gasteiger charge is 2.15. The summed E-state index contributed by atoms with van der Waals surface area (Å²) in [5, 5.41) is 1.72. The number of halogens is 1. The van der Waals surface area contributed by atoms with Gasteiger partial charge in [0.05, 0.1) is 5.52 Å². The Labute approximate surface area is 134 Å². The van der Waals surface area contributed by atoms with Gasteiger partial charge in [-0.25, -0.2) is 0 Å². The van der Waals surface area contributed by atoms with Gasteiger partial charge < -0.3 is 9.88 Å². The lowest BCUT2D eigenvalue weighted by Gasteiger charge is -2.08. The third-order valence-corrected chi connectivity index (χ3v) is 3.89. The van der Waals surface area contributed by atoms with Crippen molar-refractivity contribution in [2.75, 3.05) is 14.1 Å². The van der Waals surface area contributed by atoms with Gasteiger partial charge in [0.25, 0.3) is 0 Å². The first kappa shape index (κ1) is 14.8. The highest BCUT2D eigenvalue weighted by atomic mass is 35.5. The van der Waals surface area contributed by atoms with Crippen LogP contribution in [0.3, 0.4) is 0 Å². The lowest BCUT2D eigenvalue weighted by molar-refractivity contribution is 0.104. The number of carbonyl (C=O) groups is 1. The van der Waals surface area contributed by atoms with Crippen molar-refractivity contribution in [2.24, 2.45) is 0 Å². The van der Waals surface area contributed by atoms with Gasteiger partial charge in [-0.1, -0.05) is 23.7 Å². The molecule has 0 aliphatic carbocycles. The van der Waals surface area contributed by atoms with Gasteiger partial charge in [-0.2, -0.15) is 0 Å². The molecule has 0 fully saturated rings. The molecule has 0 aliphatic rings. The number of para-hydroxylation sites is 1. The molecule has 2 aromatic carbocycles. The standard InChI is InChI=1S/C18H17ClN2O/c1-21(2)11-13-10-20-17-15(13)4-3-5-16(17)18(22)12-6-8-14(19)9-7-12/h3-10,20H,11H2,1-2H3. The largest absolute Gasteiger partial charge is 0.360 e. The van der Waals surface area contributed by atoms with Crippen LogP contribution in [0.15, 0.2) is 48.7 Å². The van der Waals surface area contributed by atoms with Gasteiger partial charge in [-0.3, -0.25) is 4.79 Å². The summed E-state index contributed by atoms with van der Waals surface area (Å²) >= 11 is 5.89. The van der Waals surface area contributed by atoms with Crippen LogP contribution >= 0.6 is 11.6 Å². The van der Waals surface area contributed by atoms with E-state index in [1.807, 2.05) is 38.5 Å². The van der Waals surface area contributed by atoms with E-state index in [4.69, 9.17) is 11.6 Å². The quantitative estimate of drug-likeness (QED) is 0.736. The second-order valence-electron chi connectivity index (χ2n) is 5.62. The zero-order valence-electron chi connectivity index (χ0n) is 12.6. The van der Waals surface area contributed by atoms with Crippen LogP contribution in [-0.2, 0) is 6.54 Å². The second kappa shape index (κ2) is 5.95. The lowest BCUT2D eigenvalue weighted by Crippen LogP contribution is -2.10. The number of nitrogens with zero attached hydrogens (tertiary/aromatic N) is 1. The predicted octanol–water partition coefficient (Wildman–Crippen LogP) is 4.11. The van der Waals surface area contributed by atoms with E-state index in [0.717, 1.165) is 17.4 Å². The average Bonchev–Trinajstić information content (AvgIpc) is 2.90. The molecular weight excluding hydrogens is 296 g/mol. The number of aromatic amines is 1. The zero-order valence-corrected chi connectivity index (χ0v) is 13.3. The van der Waals surface area contributed by atoms with Crippen molar-refractivity contribution in [3.63, 3.8) is 0 Å². The van der Waals surface area contributed by atoms with Crippen LogP contribution in [0.25, 0.3) is 10.9 Å². The first-order valence-corrected chi connectivity index (χ1v) is 7.48. The van der Waals surface area contributed by atoms with Crippen molar-refractivity contribution in [3.05, 3.63) is 70.4 Å². The minimum atomic E-state index is 0.000481. The highest BCUT2D eigenvalue weighted by Crippen LogP contribution is 2.25. The maximum atomic E-state index is 12.7. The number of nitrogens with one attached hydrogen (secondary N) is 1. The van der Waals surface area contributed by atoms with E-state index in [2.05, 4.69) is 9.88 Å². The first-order valence-electron chi connectivity index (χ1n) is 7.10. The highest BCUT2D eigenvalue weighted by molar-refractivity contribution is 6.30. The summed E-state index contributed by atoms with van der Waals surface area (Å²) < 4.78 is 0. The average molecular weight is 313 g/mol. The molecule has 0 saturated carbocycles. The van der Waals surface area contributed by atoms with Gasteiger partial charge in [-0.05, 0) is 50.0 Å². The van der Waals surface area contributed by atoms with Gasteiger partial charge in [0.2, 0.25) is 0 Å². The Bertz CT molecular complexity index is 819. The third-order valence-electron chi connectivity index (χ3n) is 3.64. The van der Waals surface area contributed by atoms with Crippen molar-refractivity contribution < 1.29 is 4.79 Å². The van der Waals surface area contributed by atoms with Crippen LogP contribution in [0, 0.1) is 0 Å². The molecule has 22 heavy (non-hydrogen) atoms. The second-order valence-corrected chi connectivity index (χ2v) is 6.05. The normalized spacial score (nSPS) is 11.3. The number of hydrogen-bond donors (Lipinski definition) is 1. The van der Waals surface area contributed by atoms with E-state index in [1.165, 1.54) is 5.56 Å². The SMILES string of the molecule is CN(C)Cc1c[nH]c2c(C(=O)c3ccc(Cl)cc3)cccc12. The summed E-state index contributed by atoms with van der Waals surface area (Å²) in [4.78, 5) is 18.1. The van der Waals surface area contributed by atoms with Crippen LogP contribution in [0.1, 0.15) is 21.5 Å². The molecule has 0 bridgehead atoms. The molecule has 3 rings (SSSR count). The topological polar surface area (TPSA) is 36.1 Å². The number of H-pyrrole nitrogens is 1. The van der Waals surface area contributed by atoms with Crippen molar-refractivity contribution in [1.82, 2.24) is 9.88 Å². The Balaban J connectivity index is 2.05. The maximum Gasteiger partial charge on any atom is 0.195 e. The van der Waals surface area contributed by atoms with Crippen LogP contribution in [0.2, 0.25) is 5.02 Å². The van der Waals surface area contributed by atoms with E-state index in [0.29, 0.717) is 16.1 Å². The Morgan fingerprint density at radius 2 is 1.86 bits per heavy atom. The summed E-state index contributed by atoms with van der Waals surface area (Å²) in [6.45, 7) is 0.832. The van der Waals surface area contributed by atoms with E-state index in [-0.39, 0.29) is 5.78 Å². The smallest absolute Gasteiger partial charge is 0.195 e. The molecule has 1 N–H and O–H groups in total. The molecule has 0 saturated heterocycles. The van der Waals surface area contributed by atoms with Gasteiger partial charge in [0, 0.05) is 34.3 Å². The molecule has 0 atom stereocenters. The Morgan fingerprint density at radius 1 is 1.14 bits per heavy atom.